The maximum absolute atomic E-state index is 12.7. The van der Waals surface area contributed by atoms with Gasteiger partial charge in [-0.25, -0.2) is 0 Å². The van der Waals surface area contributed by atoms with Crippen molar-refractivity contribution in [3.63, 3.8) is 0 Å². The van der Waals surface area contributed by atoms with E-state index in [1.54, 1.807) is 7.11 Å². The summed E-state index contributed by atoms with van der Waals surface area (Å²) in [6, 6.07) is 16.0. The van der Waals surface area contributed by atoms with Crippen LogP contribution >= 0.6 is 0 Å². The topological polar surface area (TPSA) is 45.3 Å². The molecule has 2 aromatic carbocycles. The van der Waals surface area contributed by atoms with Crippen molar-refractivity contribution in [2.75, 3.05) is 26.7 Å². The molecule has 0 spiro atoms. The highest BCUT2D eigenvalue weighted by molar-refractivity contribution is 5.99. The largest absolute Gasteiger partial charge is 0.497 e. The summed E-state index contributed by atoms with van der Waals surface area (Å²) in [6.07, 6.45) is 6.57. The van der Waals surface area contributed by atoms with Gasteiger partial charge in [-0.3, -0.25) is 9.69 Å². The maximum atomic E-state index is 12.7. The Bertz CT molecular complexity index is 1060. The lowest BCUT2D eigenvalue weighted by molar-refractivity contribution is 0.0957. The molecule has 4 heteroatoms. The summed E-state index contributed by atoms with van der Waals surface area (Å²) in [6.45, 7) is 3.05. The standard InChI is InChI=1S/C25H26N2O2/c1-29-20-8-6-18(7-9-20)25(28)22-14-19(22)16-27-12-10-17(11-13-27)23-15-26-24-5-3-2-4-21(23)24/h2-10,15,19,22,26H,11-14,16H2,1H3/t19-,22+/m1/s1. The molecule has 148 valence electrons. The van der Waals surface area contributed by atoms with E-state index in [1.807, 2.05) is 24.3 Å². The van der Waals surface area contributed by atoms with Crippen molar-refractivity contribution in [3.8, 4) is 5.75 Å². The molecule has 1 aliphatic heterocycles. The molecule has 0 unspecified atom stereocenters. The van der Waals surface area contributed by atoms with Crippen LogP contribution in [0.25, 0.3) is 16.5 Å². The van der Waals surface area contributed by atoms with Crippen molar-refractivity contribution in [1.82, 2.24) is 9.88 Å². The van der Waals surface area contributed by atoms with E-state index in [0.717, 1.165) is 43.8 Å². The van der Waals surface area contributed by atoms with Gasteiger partial charge in [-0.15, -0.1) is 0 Å². The summed E-state index contributed by atoms with van der Waals surface area (Å²) in [5, 5.41) is 1.31. The molecule has 0 saturated heterocycles. The molecule has 0 amide bonds. The van der Waals surface area contributed by atoms with E-state index >= 15 is 0 Å². The van der Waals surface area contributed by atoms with Crippen LogP contribution in [0.15, 0.2) is 60.8 Å². The SMILES string of the molecule is COc1ccc(C(=O)[C@H]2C[C@@H]2CN2CC=C(c3c[nH]c4ccccc34)CC2)cc1. The average molecular weight is 386 g/mol. The predicted octanol–water partition coefficient (Wildman–Crippen LogP) is 4.78. The number of fused-ring (bicyclic) bond motifs is 1. The van der Waals surface area contributed by atoms with Crippen molar-refractivity contribution in [3.05, 3.63) is 71.9 Å². The Hall–Kier alpha value is -2.85. The summed E-state index contributed by atoms with van der Waals surface area (Å²) in [7, 11) is 1.64. The van der Waals surface area contributed by atoms with E-state index in [0.29, 0.717) is 5.92 Å². The van der Waals surface area contributed by atoms with Gasteiger partial charge in [0.25, 0.3) is 0 Å². The molecule has 4 nitrogen and oxygen atoms in total. The Morgan fingerprint density at radius 1 is 1.17 bits per heavy atom. The summed E-state index contributed by atoms with van der Waals surface area (Å²) < 4.78 is 5.18. The Balaban J connectivity index is 1.19. The number of benzene rings is 2. The van der Waals surface area contributed by atoms with Crippen LogP contribution in [0.5, 0.6) is 5.75 Å². The van der Waals surface area contributed by atoms with Crippen molar-refractivity contribution in [2.24, 2.45) is 11.8 Å². The monoisotopic (exact) mass is 386 g/mol. The van der Waals surface area contributed by atoms with Crippen LogP contribution in [-0.4, -0.2) is 42.4 Å². The fraction of sp³-hybridized carbons (Fsp3) is 0.320. The van der Waals surface area contributed by atoms with Crippen molar-refractivity contribution in [1.29, 1.82) is 0 Å². The van der Waals surface area contributed by atoms with Gasteiger partial charge in [0.2, 0.25) is 0 Å². The minimum Gasteiger partial charge on any atom is -0.497 e. The van der Waals surface area contributed by atoms with E-state index in [2.05, 4.69) is 46.4 Å². The highest BCUT2D eigenvalue weighted by Gasteiger charge is 2.43. The van der Waals surface area contributed by atoms with Crippen molar-refractivity contribution >= 4 is 22.3 Å². The number of Topliss-reactive ketones (excluding diaryl/α,β-unsaturated/α-hetero) is 1. The number of nitrogens with one attached hydrogen (secondary N) is 1. The first kappa shape index (κ1) is 18.2. The number of nitrogens with zero attached hydrogens (tertiary/aromatic N) is 1. The molecule has 29 heavy (non-hydrogen) atoms. The third kappa shape index (κ3) is 3.60. The molecule has 1 fully saturated rings. The van der Waals surface area contributed by atoms with Gasteiger partial charge >= 0.3 is 0 Å². The van der Waals surface area contributed by atoms with Crippen LogP contribution < -0.4 is 4.74 Å². The van der Waals surface area contributed by atoms with Gasteiger partial charge in [0, 0.05) is 53.8 Å². The number of carbonyl (C=O) groups is 1. The van der Waals surface area contributed by atoms with Crippen molar-refractivity contribution < 1.29 is 9.53 Å². The van der Waals surface area contributed by atoms with Gasteiger partial charge < -0.3 is 9.72 Å². The Kier molecular flexibility index (Phi) is 4.72. The summed E-state index contributed by atoms with van der Waals surface area (Å²) in [5.41, 5.74) is 4.77. The second-order valence-corrected chi connectivity index (χ2v) is 8.18. The number of ether oxygens (including phenoxy) is 1. The quantitative estimate of drug-likeness (QED) is 0.620. The lowest BCUT2D eigenvalue weighted by Crippen LogP contribution is -2.31. The van der Waals surface area contributed by atoms with E-state index < -0.39 is 0 Å². The van der Waals surface area contributed by atoms with Gasteiger partial charge in [0.15, 0.2) is 5.78 Å². The van der Waals surface area contributed by atoms with Gasteiger partial charge in [-0.05, 0) is 54.7 Å². The lowest BCUT2D eigenvalue weighted by Gasteiger charge is -2.26. The first-order valence-corrected chi connectivity index (χ1v) is 10.4. The molecule has 0 radical (unpaired) electrons. The van der Waals surface area contributed by atoms with E-state index in [4.69, 9.17) is 4.74 Å². The Labute approximate surface area is 171 Å². The molecule has 1 aliphatic carbocycles. The molecule has 1 saturated carbocycles. The summed E-state index contributed by atoms with van der Waals surface area (Å²) in [5.74, 6) is 1.75. The molecule has 2 heterocycles. The Morgan fingerprint density at radius 2 is 2.00 bits per heavy atom. The van der Waals surface area contributed by atoms with Gasteiger partial charge in [0.1, 0.15) is 5.75 Å². The number of carbonyl (C=O) groups excluding carboxylic acids is 1. The number of rotatable bonds is 6. The molecular formula is C25H26N2O2. The summed E-state index contributed by atoms with van der Waals surface area (Å²) in [4.78, 5) is 18.6. The number of para-hydroxylation sites is 1. The maximum Gasteiger partial charge on any atom is 0.166 e. The molecule has 5 rings (SSSR count). The number of hydrogen-bond donors (Lipinski definition) is 1. The number of methoxy groups -OCH3 is 1. The number of H-pyrrole nitrogens is 1. The van der Waals surface area contributed by atoms with Crippen LogP contribution in [-0.2, 0) is 0 Å². The fourth-order valence-electron chi connectivity index (χ4n) is 4.53. The second kappa shape index (κ2) is 7.53. The molecule has 0 bridgehead atoms. The summed E-state index contributed by atoms with van der Waals surface area (Å²) >= 11 is 0. The first-order valence-electron chi connectivity index (χ1n) is 10.4. The molecule has 2 atom stereocenters. The van der Waals surface area contributed by atoms with Crippen LogP contribution in [0.1, 0.15) is 28.8 Å². The molecule has 3 aromatic rings. The van der Waals surface area contributed by atoms with Crippen LogP contribution in [0.4, 0.5) is 0 Å². The van der Waals surface area contributed by atoms with E-state index in [1.165, 1.54) is 22.0 Å². The lowest BCUT2D eigenvalue weighted by atomic mass is 9.98. The predicted molar refractivity (Wildman–Crippen MR) is 116 cm³/mol. The third-order valence-corrected chi connectivity index (χ3v) is 6.36. The average Bonchev–Trinajstić information content (AvgIpc) is 3.41. The zero-order valence-electron chi connectivity index (χ0n) is 16.7. The molecule has 2 aliphatic rings. The van der Waals surface area contributed by atoms with Crippen LogP contribution in [0, 0.1) is 11.8 Å². The minimum atomic E-state index is 0.183. The van der Waals surface area contributed by atoms with Gasteiger partial charge in [-0.2, -0.15) is 0 Å². The van der Waals surface area contributed by atoms with Crippen LogP contribution in [0.3, 0.4) is 0 Å². The van der Waals surface area contributed by atoms with Crippen molar-refractivity contribution in [2.45, 2.75) is 12.8 Å². The van der Waals surface area contributed by atoms with E-state index in [-0.39, 0.29) is 11.7 Å². The minimum absolute atomic E-state index is 0.183. The van der Waals surface area contributed by atoms with E-state index in [9.17, 15) is 4.79 Å². The Morgan fingerprint density at radius 3 is 2.76 bits per heavy atom. The van der Waals surface area contributed by atoms with Crippen LogP contribution in [0.2, 0.25) is 0 Å². The zero-order valence-corrected chi connectivity index (χ0v) is 16.7. The number of aromatic amines is 1. The van der Waals surface area contributed by atoms with Gasteiger partial charge in [-0.1, -0.05) is 24.3 Å². The molecule has 1 N–H and O–H groups in total. The first-order chi connectivity index (χ1) is 14.2. The number of ketones is 1. The number of aromatic nitrogens is 1. The fourth-order valence-corrected chi connectivity index (χ4v) is 4.53. The second-order valence-electron chi connectivity index (χ2n) is 8.18. The third-order valence-electron chi connectivity index (χ3n) is 6.36. The molecular weight excluding hydrogens is 360 g/mol. The highest BCUT2D eigenvalue weighted by Crippen LogP contribution is 2.42. The number of hydrogen-bond acceptors (Lipinski definition) is 3. The highest BCUT2D eigenvalue weighted by atomic mass is 16.5. The van der Waals surface area contributed by atoms with Gasteiger partial charge in [0.05, 0.1) is 7.11 Å². The zero-order chi connectivity index (χ0) is 19.8. The smallest absolute Gasteiger partial charge is 0.166 e. The molecule has 1 aromatic heterocycles. The normalized spacial score (nSPS) is 21.8.